The molecule has 9 heavy (non-hydrogen) atoms. The first-order chi connectivity index (χ1) is 4.22. The molecule has 1 nitrogen and oxygen atoms in total. The van der Waals surface area contributed by atoms with E-state index in [4.69, 9.17) is 0 Å². The zero-order chi connectivity index (χ0) is 7.28. The number of carbonyl (C=O) groups excluding carboxylic acids is 1. The minimum atomic E-state index is 0.0972. The second-order valence-corrected chi connectivity index (χ2v) is 1.84. The summed E-state index contributed by atoms with van der Waals surface area (Å²) in [6.07, 6.45) is 5.12. The minimum Gasteiger partial charge on any atom is -0.290 e. The third kappa shape index (κ3) is 2.85. The highest BCUT2D eigenvalue weighted by molar-refractivity contribution is 6.03. The zero-order valence-electron chi connectivity index (χ0n) is 6.14. The van der Waals surface area contributed by atoms with E-state index in [-0.39, 0.29) is 5.78 Å². The van der Waals surface area contributed by atoms with Gasteiger partial charge in [0.2, 0.25) is 0 Å². The van der Waals surface area contributed by atoms with Crippen molar-refractivity contribution in [3.05, 3.63) is 23.8 Å². The van der Waals surface area contributed by atoms with Crippen LogP contribution in [-0.4, -0.2) is 5.78 Å². The number of rotatable bonds is 2. The van der Waals surface area contributed by atoms with Gasteiger partial charge in [-0.25, -0.2) is 0 Å². The molecule has 0 aromatic rings. The highest BCUT2D eigenvalue weighted by Gasteiger charge is 1.94. The molecule has 0 aliphatic rings. The van der Waals surface area contributed by atoms with Crippen molar-refractivity contribution < 1.29 is 4.79 Å². The fourth-order valence-corrected chi connectivity index (χ4v) is 0.425. The molecule has 0 fully saturated rings. The molecular formula is C8H12O. The Hall–Kier alpha value is -0.850. The van der Waals surface area contributed by atoms with E-state index in [1.807, 2.05) is 26.8 Å². The number of allylic oxidation sites excluding steroid dienone is 4. The summed E-state index contributed by atoms with van der Waals surface area (Å²) in [6, 6.07) is 0. The highest BCUT2D eigenvalue weighted by atomic mass is 16.1. The maximum absolute atomic E-state index is 10.8. The van der Waals surface area contributed by atoms with E-state index in [2.05, 4.69) is 0 Å². The molecule has 0 bridgehead atoms. The zero-order valence-corrected chi connectivity index (χ0v) is 6.14. The first-order valence-corrected chi connectivity index (χ1v) is 3.02. The summed E-state index contributed by atoms with van der Waals surface area (Å²) in [7, 11) is 0. The highest BCUT2D eigenvalue weighted by Crippen LogP contribution is 1.94. The van der Waals surface area contributed by atoms with Gasteiger partial charge in [0, 0.05) is 0 Å². The molecule has 0 aromatic heterocycles. The largest absolute Gasteiger partial charge is 0.290 e. The lowest BCUT2D eigenvalue weighted by Crippen LogP contribution is -1.92. The summed E-state index contributed by atoms with van der Waals surface area (Å²) < 4.78 is 0. The lowest BCUT2D eigenvalue weighted by molar-refractivity contribution is -0.111. The Kier molecular flexibility index (Phi) is 3.69. The average Bonchev–Trinajstić information content (AvgIpc) is 1.87. The fraction of sp³-hybridized carbons (Fsp3) is 0.375. The molecule has 0 amide bonds. The van der Waals surface area contributed by atoms with Crippen molar-refractivity contribution >= 4 is 5.78 Å². The van der Waals surface area contributed by atoms with Crippen LogP contribution in [0.2, 0.25) is 0 Å². The van der Waals surface area contributed by atoms with Gasteiger partial charge in [0.1, 0.15) is 0 Å². The molecule has 50 valence electrons. The van der Waals surface area contributed by atoms with E-state index in [9.17, 15) is 4.79 Å². The van der Waals surface area contributed by atoms with Crippen LogP contribution < -0.4 is 0 Å². The van der Waals surface area contributed by atoms with Gasteiger partial charge in [-0.05, 0) is 32.4 Å². The quantitative estimate of drug-likeness (QED) is 0.515. The van der Waals surface area contributed by atoms with Crippen LogP contribution in [0.1, 0.15) is 20.8 Å². The molecule has 0 aromatic carbocycles. The number of hydrogen-bond donors (Lipinski definition) is 0. The normalized spacial score (nSPS) is 12.6. The van der Waals surface area contributed by atoms with Crippen LogP contribution in [0.25, 0.3) is 0 Å². The molecule has 0 aliphatic carbocycles. The molecular weight excluding hydrogens is 112 g/mol. The Morgan fingerprint density at radius 2 is 1.89 bits per heavy atom. The summed E-state index contributed by atoms with van der Waals surface area (Å²) in [5, 5.41) is 0. The second-order valence-electron chi connectivity index (χ2n) is 1.84. The standard InChI is InChI=1S/C8H12O/c1-4-6-8(9)7(3)5-2/h4-6H,1-3H3. The van der Waals surface area contributed by atoms with E-state index in [0.29, 0.717) is 0 Å². The predicted octanol–water partition coefficient (Wildman–Crippen LogP) is 2.10. The Morgan fingerprint density at radius 3 is 2.22 bits per heavy atom. The third-order valence-corrected chi connectivity index (χ3v) is 1.14. The van der Waals surface area contributed by atoms with Gasteiger partial charge in [-0.3, -0.25) is 4.79 Å². The van der Waals surface area contributed by atoms with Gasteiger partial charge in [0.25, 0.3) is 0 Å². The molecule has 0 saturated carbocycles. The van der Waals surface area contributed by atoms with Crippen molar-refractivity contribution in [1.82, 2.24) is 0 Å². The van der Waals surface area contributed by atoms with Gasteiger partial charge in [-0.1, -0.05) is 12.2 Å². The Labute approximate surface area is 56.1 Å². The van der Waals surface area contributed by atoms with Gasteiger partial charge in [-0.15, -0.1) is 0 Å². The number of ketones is 1. The lowest BCUT2D eigenvalue weighted by atomic mass is 10.2. The van der Waals surface area contributed by atoms with Crippen molar-refractivity contribution in [2.75, 3.05) is 0 Å². The summed E-state index contributed by atoms with van der Waals surface area (Å²) in [4.78, 5) is 10.8. The Balaban J connectivity index is 4.05. The monoisotopic (exact) mass is 124 g/mol. The van der Waals surface area contributed by atoms with Gasteiger partial charge in [0.05, 0.1) is 0 Å². The molecule has 0 atom stereocenters. The Morgan fingerprint density at radius 1 is 1.33 bits per heavy atom. The summed E-state index contributed by atoms with van der Waals surface area (Å²) >= 11 is 0. The smallest absolute Gasteiger partial charge is 0.180 e. The van der Waals surface area contributed by atoms with Crippen LogP contribution in [0, 0.1) is 0 Å². The Bertz CT molecular complexity index is 152. The summed E-state index contributed by atoms with van der Waals surface area (Å²) in [6.45, 7) is 5.50. The topological polar surface area (TPSA) is 17.1 Å². The van der Waals surface area contributed by atoms with E-state index < -0.39 is 0 Å². The molecule has 0 saturated heterocycles. The third-order valence-electron chi connectivity index (χ3n) is 1.14. The SMILES string of the molecule is CC=CC(=O)C(C)=CC. The van der Waals surface area contributed by atoms with E-state index >= 15 is 0 Å². The van der Waals surface area contributed by atoms with Crippen molar-refractivity contribution in [3.63, 3.8) is 0 Å². The molecule has 0 unspecified atom stereocenters. The summed E-state index contributed by atoms with van der Waals surface area (Å²) in [5.41, 5.74) is 0.799. The van der Waals surface area contributed by atoms with Crippen LogP contribution in [0.5, 0.6) is 0 Å². The van der Waals surface area contributed by atoms with Crippen LogP contribution in [0.4, 0.5) is 0 Å². The van der Waals surface area contributed by atoms with E-state index in [1.54, 1.807) is 12.2 Å². The lowest BCUT2D eigenvalue weighted by Gasteiger charge is -1.88. The average molecular weight is 124 g/mol. The van der Waals surface area contributed by atoms with Crippen LogP contribution in [-0.2, 0) is 4.79 Å². The number of carbonyl (C=O) groups is 1. The number of hydrogen-bond acceptors (Lipinski definition) is 1. The molecule has 0 spiro atoms. The molecule has 0 radical (unpaired) electrons. The van der Waals surface area contributed by atoms with Gasteiger partial charge < -0.3 is 0 Å². The van der Waals surface area contributed by atoms with E-state index in [0.717, 1.165) is 5.57 Å². The molecule has 0 heterocycles. The van der Waals surface area contributed by atoms with Gasteiger partial charge in [-0.2, -0.15) is 0 Å². The molecule has 0 aliphatic heterocycles. The second kappa shape index (κ2) is 4.07. The van der Waals surface area contributed by atoms with Crippen LogP contribution in [0.15, 0.2) is 23.8 Å². The van der Waals surface area contributed by atoms with Crippen molar-refractivity contribution in [1.29, 1.82) is 0 Å². The van der Waals surface area contributed by atoms with Crippen molar-refractivity contribution in [2.45, 2.75) is 20.8 Å². The first kappa shape index (κ1) is 8.15. The first-order valence-electron chi connectivity index (χ1n) is 3.02. The van der Waals surface area contributed by atoms with Crippen molar-refractivity contribution in [2.24, 2.45) is 0 Å². The van der Waals surface area contributed by atoms with Gasteiger partial charge >= 0.3 is 0 Å². The minimum absolute atomic E-state index is 0.0972. The molecule has 0 rings (SSSR count). The summed E-state index contributed by atoms with van der Waals surface area (Å²) in [5.74, 6) is 0.0972. The maximum Gasteiger partial charge on any atom is 0.180 e. The molecule has 0 N–H and O–H groups in total. The molecule has 1 heteroatoms. The van der Waals surface area contributed by atoms with Crippen LogP contribution >= 0.6 is 0 Å². The van der Waals surface area contributed by atoms with E-state index in [1.165, 1.54) is 0 Å². The van der Waals surface area contributed by atoms with Crippen molar-refractivity contribution in [3.8, 4) is 0 Å². The van der Waals surface area contributed by atoms with Gasteiger partial charge in [0.15, 0.2) is 5.78 Å². The maximum atomic E-state index is 10.8. The van der Waals surface area contributed by atoms with Crippen LogP contribution in [0.3, 0.4) is 0 Å². The fourth-order valence-electron chi connectivity index (χ4n) is 0.425. The predicted molar refractivity (Wildman–Crippen MR) is 39.3 cm³/mol.